The van der Waals surface area contributed by atoms with E-state index in [1.54, 1.807) is 18.2 Å². The van der Waals surface area contributed by atoms with Gasteiger partial charge in [0, 0.05) is 12.2 Å². The number of rotatable bonds is 1. The summed E-state index contributed by atoms with van der Waals surface area (Å²) in [6, 6.07) is 7.10. The van der Waals surface area contributed by atoms with Crippen molar-refractivity contribution < 1.29 is 0 Å². The molecule has 1 rings (SSSR count). The van der Waals surface area contributed by atoms with E-state index in [0.29, 0.717) is 17.8 Å². The average Bonchev–Trinajstić information content (AvgIpc) is 2.04. The second kappa shape index (κ2) is 3.04. The average molecular weight is 147 g/mol. The summed E-state index contributed by atoms with van der Waals surface area (Å²) in [5.41, 5.74) is 13.0. The Morgan fingerprint density at radius 1 is 1.45 bits per heavy atom. The van der Waals surface area contributed by atoms with E-state index in [9.17, 15) is 0 Å². The van der Waals surface area contributed by atoms with Gasteiger partial charge in [0.15, 0.2) is 0 Å². The van der Waals surface area contributed by atoms with Gasteiger partial charge in [-0.3, -0.25) is 0 Å². The van der Waals surface area contributed by atoms with Crippen molar-refractivity contribution in [2.24, 2.45) is 5.73 Å². The molecule has 3 heteroatoms. The third-order valence-corrected chi connectivity index (χ3v) is 1.49. The van der Waals surface area contributed by atoms with Gasteiger partial charge in [0.25, 0.3) is 0 Å². The van der Waals surface area contributed by atoms with Crippen LogP contribution in [0.25, 0.3) is 0 Å². The molecular formula is C8H9N3. The molecule has 0 saturated heterocycles. The summed E-state index contributed by atoms with van der Waals surface area (Å²) >= 11 is 0. The second-order valence-electron chi connectivity index (χ2n) is 2.23. The fourth-order valence-corrected chi connectivity index (χ4v) is 0.850. The van der Waals surface area contributed by atoms with Crippen LogP contribution in [-0.2, 0) is 6.54 Å². The number of nitrogens with zero attached hydrogens (tertiary/aromatic N) is 1. The zero-order valence-electron chi connectivity index (χ0n) is 6.04. The number of hydrogen-bond donors (Lipinski definition) is 2. The van der Waals surface area contributed by atoms with Gasteiger partial charge in [-0.15, -0.1) is 0 Å². The quantitative estimate of drug-likeness (QED) is 0.571. The molecule has 0 unspecified atom stereocenters. The Hall–Kier alpha value is -1.53. The van der Waals surface area contributed by atoms with Crippen molar-refractivity contribution in [2.75, 3.05) is 5.73 Å². The Morgan fingerprint density at radius 3 is 2.64 bits per heavy atom. The van der Waals surface area contributed by atoms with E-state index in [-0.39, 0.29) is 0 Å². The minimum absolute atomic E-state index is 0.414. The molecule has 0 bridgehead atoms. The van der Waals surface area contributed by atoms with Gasteiger partial charge < -0.3 is 11.5 Å². The smallest absolute Gasteiger partial charge is 0.0992 e. The summed E-state index contributed by atoms with van der Waals surface area (Å²) in [6.07, 6.45) is 0. The minimum atomic E-state index is 0.414. The van der Waals surface area contributed by atoms with Crippen LogP contribution < -0.4 is 11.5 Å². The van der Waals surface area contributed by atoms with Crippen LogP contribution in [0.3, 0.4) is 0 Å². The van der Waals surface area contributed by atoms with Crippen molar-refractivity contribution in [3.05, 3.63) is 29.3 Å². The molecule has 0 amide bonds. The van der Waals surface area contributed by atoms with Gasteiger partial charge in [-0.05, 0) is 17.7 Å². The van der Waals surface area contributed by atoms with Gasteiger partial charge in [0.05, 0.1) is 11.6 Å². The highest BCUT2D eigenvalue weighted by atomic mass is 14.6. The summed E-state index contributed by atoms with van der Waals surface area (Å²) in [4.78, 5) is 0. The summed E-state index contributed by atoms with van der Waals surface area (Å²) < 4.78 is 0. The molecule has 11 heavy (non-hydrogen) atoms. The SMILES string of the molecule is N#Cc1ccc(CN)c(N)c1. The molecule has 0 fully saturated rings. The summed E-state index contributed by atoms with van der Waals surface area (Å²) in [5.74, 6) is 0. The van der Waals surface area contributed by atoms with Crippen LogP contribution in [0.2, 0.25) is 0 Å². The molecule has 0 radical (unpaired) electrons. The van der Waals surface area contributed by atoms with E-state index in [2.05, 4.69) is 0 Å². The van der Waals surface area contributed by atoms with Crippen LogP contribution in [0.15, 0.2) is 18.2 Å². The van der Waals surface area contributed by atoms with E-state index in [1.807, 2.05) is 6.07 Å². The lowest BCUT2D eigenvalue weighted by Crippen LogP contribution is -2.01. The van der Waals surface area contributed by atoms with Crippen molar-refractivity contribution in [3.8, 4) is 6.07 Å². The van der Waals surface area contributed by atoms with E-state index < -0.39 is 0 Å². The van der Waals surface area contributed by atoms with Crippen molar-refractivity contribution in [2.45, 2.75) is 6.54 Å². The third-order valence-electron chi connectivity index (χ3n) is 1.49. The lowest BCUT2D eigenvalue weighted by atomic mass is 10.1. The lowest BCUT2D eigenvalue weighted by molar-refractivity contribution is 1.07. The number of nitriles is 1. The van der Waals surface area contributed by atoms with Crippen LogP contribution >= 0.6 is 0 Å². The molecule has 0 heterocycles. The van der Waals surface area contributed by atoms with E-state index in [0.717, 1.165) is 5.56 Å². The maximum absolute atomic E-state index is 8.49. The molecule has 0 aromatic heterocycles. The zero-order chi connectivity index (χ0) is 8.27. The van der Waals surface area contributed by atoms with Crippen LogP contribution in [0.5, 0.6) is 0 Å². The Labute approximate surface area is 65.2 Å². The van der Waals surface area contributed by atoms with E-state index in [1.165, 1.54) is 0 Å². The minimum Gasteiger partial charge on any atom is -0.398 e. The number of benzene rings is 1. The molecule has 1 aromatic carbocycles. The third kappa shape index (κ3) is 1.48. The van der Waals surface area contributed by atoms with Crippen molar-refractivity contribution >= 4 is 5.69 Å². The van der Waals surface area contributed by atoms with Crippen LogP contribution in [0.1, 0.15) is 11.1 Å². The Morgan fingerprint density at radius 2 is 2.18 bits per heavy atom. The van der Waals surface area contributed by atoms with Gasteiger partial charge in [-0.1, -0.05) is 6.07 Å². The predicted octanol–water partition coefficient (Wildman–Crippen LogP) is 0.599. The molecule has 0 atom stereocenters. The molecule has 1 aromatic rings. The van der Waals surface area contributed by atoms with Gasteiger partial charge in [-0.25, -0.2) is 0 Å². The Kier molecular flexibility index (Phi) is 2.09. The standard InChI is InChI=1S/C8H9N3/c9-4-6-1-2-7(5-10)8(11)3-6/h1-3H,5,10-11H2. The second-order valence-corrected chi connectivity index (χ2v) is 2.23. The molecule has 0 saturated carbocycles. The molecule has 0 aliphatic rings. The molecule has 3 nitrogen and oxygen atoms in total. The molecule has 0 spiro atoms. The molecular weight excluding hydrogens is 138 g/mol. The Bertz CT molecular complexity index is 299. The topological polar surface area (TPSA) is 75.8 Å². The fraction of sp³-hybridized carbons (Fsp3) is 0.125. The van der Waals surface area contributed by atoms with Crippen LogP contribution in [0, 0.1) is 11.3 Å². The van der Waals surface area contributed by atoms with Gasteiger partial charge in [0.1, 0.15) is 0 Å². The summed E-state index contributed by atoms with van der Waals surface area (Å²) in [6.45, 7) is 0.414. The maximum atomic E-state index is 8.49. The first kappa shape index (κ1) is 7.58. The summed E-state index contributed by atoms with van der Waals surface area (Å²) in [7, 11) is 0. The highest BCUT2D eigenvalue weighted by Crippen LogP contribution is 2.12. The van der Waals surface area contributed by atoms with Crippen LogP contribution in [0.4, 0.5) is 5.69 Å². The van der Waals surface area contributed by atoms with Crippen molar-refractivity contribution in [3.63, 3.8) is 0 Å². The normalized spacial score (nSPS) is 9.09. The first-order chi connectivity index (χ1) is 5.27. The first-order valence-corrected chi connectivity index (χ1v) is 3.26. The largest absolute Gasteiger partial charge is 0.398 e. The summed E-state index contributed by atoms with van der Waals surface area (Å²) in [5, 5.41) is 8.49. The molecule has 0 aliphatic carbocycles. The molecule has 0 aliphatic heterocycles. The van der Waals surface area contributed by atoms with Gasteiger partial charge >= 0.3 is 0 Å². The fourth-order valence-electron chi connectivity index (χ4n) is 0.850. The lowest BCUT2D eigenvalue weighted by Gasteiger charge is -2.00. The van der Waals surface area contributed by atoms with E-state index >= 15 is 0 Å². The number of hydrogen-bond acceptors (Lipinski definition) is 3. The number of nitrogens with two attached hydrogens (primary N) is 2. The highest BCUT2D eigenvalue weighted by molar-refractivity contribution is 5.51. The Balaban J connectivity index is 3.12. The molecule has 4 N–H and O–H groups in total. The van der Waals surface area contributed by atoms with E-state index in [4.69, 9.17) is 16.7 Å². The number of anilines is 1. The molecule has 56 valence electrons. The first-order valence-electron chi connectivity index (χ1n) is 3.26. The number of nitrogen functional groups attached to an aromatic ring is 1. The van der Waals surface area contributed by atoms with Gasteiger partial charge in [-0.2, -0.15) is 5.26 Å². The monoisotopic (exact) mass is 147 g/mol. The van der Waals surface area contributed by atoms with Gasteiger partial charge in [0.2, 0.25) is 0 Å². The van der Waals surface area contributed by atoms with Crippen molar-refractivity contribution in [1.82, 2.24) is 0 Å². The van der Waals surface area contributed by atoms with Crippen LogP contribution in [-0.4, -0.2) is 0 Å². The zero-order valence-corrected chi connectivity index (χ0v) is 6.04. The predicted molar refractivity (Wildman–Crippen MR) is 43.5 cm³/mol. The maximum Gasteiger partial charge on any atom is 0.0992 e. The highest BCUT2D eigenvalue weighted by Gasteiger charge is 1.96. The van der Waals surface area contributed by atoms with Crippen molar-refractivity contribution in [1.29, 1.82) is 5.26 Å².